The Kier molecular flexibility index (Phi) is 2.11. The first kappa shape index (κ1) is 9.90. The van der Waals surface area contributed by atoms with Crippen molar-refractivity contribution in [1.82, 2.24) is 9.55 Å². The molecule has 0 aliphatic heterocycles. The Balaban J connectivity index is 2.31. The number of nitrogen functional groups attached to an aromatic ring is 1. The smallest absolute Gasteiger partial charge is 0.123 e. The molecule has 0 bridgehead atoms. The van der Waals surface area contributed by atoms with Gasteiger partial charge in [0.1, 0.15) is 5.82 Å². The second-order valence-corrected chi connectivity index (χ2v) is 4.14. The zero-order valence-electron chi connectivity index (χ0n) is 9.59. The first-order chi connectivity index (χ1) is 8.25. The van der Waals surface area contributed by atoms with E-state index in [4.69, 9.17) is 5.73 Å². The fourth-order valence-corrected chi connectivity index (χ4v) is 2.19. The van der Waals surface area contributed by atoms with Crippen LogP contribution in [0.25, 0.3) is 22.0 Å². The molecule has 0 radical (unpaired) electrons. The molecule has 0 saturated heterocycles. The normalized spacial score (nSPS) is 10.9. The van der Waals surface area contributed by atoms with Crippen molar-refractivity contribution in [3.8, 4) is 11.1 Å². The lowest BCUT2D eigenvalue weighted by molar-refractivity contribution is 0.970. The summed E-state index contributed by atoms with van der Waals surface area (Å²) in [6.07, 6.45) is 3.87. The van der Waals surface area contributed by atoms with E-state index in [2.05, 4.69) is 41.0 Å². The van der Waals surface area contributed by atoms with E-state index in [1.165, 1.54) is 16.5 Å². The lowest BCUT2D eigenvalue weighted by atomic mass is 10.1. The minimum atomic E-state index is 0.551. The van der Waals surface area contributed by atoms with Gasteiger partial charge in [0.25, 0.3) is 0 Å². The van der Waals surface area contributed by atoms with Gasteiger partial charge in [0.05, 0.1) is 0 Å². The predicted molar refractivity (Wildman–Crippen MR) is 70.6 cm³/mol. The minimum Gasteiger partial charge on any atom is -0.384 e. The van der Waals surface area contributed by atoms with Gasteiger partial charge in [-0.2, -0.15) is 0 Å². The van der Waals surface area contributed by atoms with Crippen LogP contribution in [-0.4, -0.2) is 9.55 Å². The highest BCUT2D eigenvalue weighted by molar-refractivity contribution is 5.96. The fourth-order valence-electron chi connectivity index (χ4n) is 2.19. The SMILES string of the molecule is Cn1cc(-c2ccnc(N)c2)c2ccccc21. The van der Waals surface area contributed by atoms with Crippen molar-refractivity contribution in [3.05, 3.63) is 48.8 Å². The van der Waals surface area contributed by atoms with Crippen LogP contribution in [-0.2, 0) is 7.05 Å². The second kappa shape index (κ2) is 3.63. The number of nitrogens with zero attached hydrogens (tertiary/aromatic N) is 2. The van der Waals surface area contributed by atoms with E-state index in [0.29, 0.717) is 5.82 Å². The highest BCUT2D eigenvalue weighted by Crippen LogP contribution is 2.30. The van der Waals surface area contributed by atoms with Gasteiger partial charge >= 0.3 is 0 Å². The summed E-state index contributed by atoms with van der Waals surface area (Å²) in [5, 5.41) is 1.24. The number of benzene rings is 1. The van der Waals surface area contributed by atoms with Crippen LogP contribution in [0, 0.1) is 0 Å². The van der Waals surface area contributed by atoms with Crippen molar-refractivity contribution in [2.45, 2.75) is 0 Å². The molecule has 2 heterocycles. The Morgan fingerprint density at radius 3 is 2.82 bits per heavy atom. The highest BCUT2D eigenvalue weighted by atomic mass is 14.9. The molecule has 2 aromatic heterocycles. The van der Waals surface area contributed by atoms with Gasteiger partial charge in [0.2, 0.25) is 0 Å². The second-order valence-electron chi connectivity index (χ2n) is 4.14. The largest absolute Gasteiger partial charge is 0.384 e. The molecule has 17 heavy (non-hydrogen) atoms. The number of aryl methyl sites for hydroxylation is 1. The first-order valence-electron chi connectivity index (χ1n) is 5.51. The van der Waals surface area contributed by atoms with Gasteiger partial charge < -0.3 is 10.3 Å². The molecule has 3 heteroatoms. The Hall–Kier alpha value is -2.29. The van der Waals surface area contributed by atoms with Gasteiger partial charge in [-0.3, -0.25) is 0 Å². The van der Waals surface area contributed by atoms with Crippen molar-refractivity contribution in [2.24, 2.45) is 7.05 Å². The molecule has 0 aliphatic rings. The van der Waals surface area contributed by atoms with E-state index in [0.717, 1.165) is 5.56 Å². The summed E-state index contributed by atoms with van der Waals surface area (Å²) in [7, 11) is 2.05. The molecule has 0 saturated carbocycles. The number of pyridine rings is 1. The summed E-state index contributed by atoms with van der Waals surface area (Å²) in [5.41, 5.74) is 9.25. The van der Waals surface area contributed by atoms with E-state index in [1.54, 1.807) is 6.20 Å². The maximum absolute atomic E-state index is 5.73. The number of fused-ring (bicyclic) bond motifs is 1. The third kappa shape index (κ3) is 1.56. The molecule has 0 spiro atoms. The first-order valence-corrected chi connectivity index (χ1v) is 5.51. The summed E-state index contributed by atoms with van der Waals surface area (Å²) in [4.78, 5) is 4.02. The fraction of sp³-hybridized carbons (Fsp3) is 0.0714. The zero-order valence-corrected chi connectivity index (χ0v) is 9.59. The van der Waals surface area contributed by atoms with Crippen LogP contribution in [0.15, 0.2) is 48.8 Å². The summed E-state index contributed by atoms with van der Waals surface area (Å²) < 4.78 is 2.13. The molecule has 3 aromatic rings. The van der Waals surface area contributed by atoms with Gasteiger partial charge in [-0.25, -0.2) is 4.98 Å². The molecule has 0 atom stereocenters. The van der Waals surface area contributed by atoms with Crippen LogP contribution >= 0.6 is 0 Å². The number of nitrogens with two attached hydrogens (primary N) is 1. The van der Waals surface area contributed by atoms with Crippen molar-refractivity contribution >= 4 is 16.7 Å². The number of hydrogen-bond donors (Lipinski definition) is 1. The van der Waals surface area contributed by atoms with Crippen LogP contribution in [0.2, 0.25) is 0 Å². The predicted octanol–water partition coefficient (Wildman–Crippen LogP) is 2.82. The number of rotatable bonds is 1. The van der Waals surface area contributed by atoms with E-state index in [-0.39, 0.29) is 0 Å². The van der Waals surface area contributed by atoms with Gasteiger partial charge in [-0.05, 0) is 23.8 Å². The van der Waals surface area contributed by atoms with Crippen LogP contribution < -0.4 is 5.73 Å². The van der Waals surface area contributed by atoms with Crippen molar-refractivity contribution in [2.75, 3.05) is 5.73 Å². The highest BCUT2D eigenvalue weighted by Gasteiger charge is 2.07. The molecule has 0 unspecified atom stereocenters. The van der Waals surface area contributed by atoms with Crippen molar-refractivity contribution in [3.63, 3.8) is 0 Å². The van der Waals surface area contributed by atoms with Crippen molar-refractivity contribution < 1.29 is 0 Å². The molecule has 0 aliphatic carbocycles. The molecule has 2 N–H and O–H groups in total. The van der Waals surface area contributed by atoms with Crippen molar-refractivity contribution in [1.29, 1.82) is 0 Å². The standard InChI is InChI=1S/C14H13N3/c1-17-9-12(10-6-7-16-14(15)8-10)11-4-2-3-5-13(11)17/h2-9H,1H3,(H2,15,16). The van der Waals surface area contributed by atoms with Gasteiger partial charge in [0.15, 0.2) is 0 Å². The number of aromatic nitrogens is 2. The van der Waals surface area contributed by atoms with E-state index in [1.807, 2.05) is 18.2 Å². The maximum atomic E-state index is 5.73. The lowest BCUT2D eigenvalue weighted by Crippen LogP contribution is -1.88. The molecular weight excluding hydrogens is 210 g/mol. The topological polar surface area (TPSA) is 43.8 Å². The molecule has 84 valence electrons. The maximum Gasteiger partial charge on any atom is 0.123 e. The lowest BCUT2D eigenvalue weighted by Gasteiger charge is -2.00. The number of anilines is 1. The van der Waals surface area contributed by atoms with Crippen LogP contribution in [0.4, 0.5) is 5.82 Å². The zero-order chi connectivity index (χ0) is 11.8. The van der Waals surface area contributed by atoms with Crippen LogP contribution in [0.5, 0.6) is 0 Å². The van der Waals surface area contributed by atoms with Gasteiger partial charge in [0, 0.05) is 35.9 Å². The van der Waals surface area contributed by atoms with E-state index >= 15 is 0 Å². The Bertz CT molecular complexity index is 683. The Labute approximate surface area is 99.5 Å². The van der Waals surface area contributed by atoms with Crippen LogP contribution in [0.3, 0.4) is 0 Å². The number of para-hydroxylation sites is 1. The van der Waals surface area contributed by atoms with Gasteiger partial charge in [-0.1, -0.05) is 18.2 Å². The molecule has 0 amide bonds. The van der Waals surface area contributed by atoms with E-state index in [9.17, 15) is 0 Å². The van der Waals surface area contributed by atoms with Gasteiger partial charge in [-0.15, -0.1) is 0 Å². The monoisotopic (exact) mass is 223 g/mol. The third-order valence-corrected chi connectivity index (χ3v) is 2.99. The third-order valence-electron chi connectivity index (χ3n) is 2.99. The van der Waals surface area contributed by atoms with Crippen LogP contribution in [0.1, 0.15) is 0 Å². The van der Waals surface area contributed by atoms with E-state index < -0.39 is 0 Å². The summed E-state index contributed by atoms with van der Waals surface area (Å²) in [6.45, 7) is 0. The molecule has 3 rings (SSSR count). The minimum absolute atomic E-state index is 0.551. The average molecular weight is 223 g/mol. The molecular formula is C14H13N3. The Morgan fingerprint density at radius 1 is 1.18 bits per heavy atom. The molecule has 3 nitrogen and oxygen atoms in total. The average Bonchev–Trinajstić information content (AvgIpc) is 2.68. The summed E-state index contributed by atoms with van der Waals surface area (Å²) in [6, 6.07) is 12.2. The number of hydrogen-bond acceptors (Lipinski definition) is 2. The summed E-state index contributed by atoms with van der Waals surface area (Å²) in [5.74, 6) is 0.551. The Morgan fingerprint density at radius 2 is 2.00 bits per heavy atom. The summed E-state index contributed by atoms with van der Waals surface area (Å²) >= 11 is 0. The molecule has 1 aromatic carbocycles. The molecule has 0 fully saturated rings. The quantitative estimate of drug-likeness (QED) is 0.689.